The van der Waals surface area contributed by atoms with E-state index in [-0.39, 0.29) is 11.7 Å². The number of esters is 3. The predicted molar refractivity (Wildman–Crippen MR) is 97.9 cm³/mol. The van der Waals surface area contributed by atoms with E-state index in [1.807, 2.05) is 0 Å². The molecular formula is C20H22O7. The number of carbonyl (C=O) groups is 3. The van der Waals surface area contributed by atoms with E-state index in [1.165, 1.54) is 20.8 Å². The fraction of sp³-hybridized carbons (Fsp3) is 0.250. The molecule has 0 spiro atoms. The molecule has 2 aromatic rings. The van der Waals surface area contributed by atoms with Crippen molar-refractivity contribution in [2.75, 3.05) is 0 Å². The zero-order valence-corrected chi connectivity index (χ0v) is 15.9. The molecule has 0 amide bonds. The molecule has 0 heterocycles. The Balaban J connectivity index is 0.000000277. The lowest BCUT2D eigenvalue weighted by molar-refractivity contribution is -0.133. The average molecular weight is 374 g/mol. The Morgan fingerprint density at radius 1 is 0.667 bits per heavy atom. The van der Waals surface area contributed by atoms with Crippen molar-refractivity contribution in [2.24, 2.45) is 0 Å². The molecular weight excluding hydrogens is 352 g/mol. The Bertz CT molecular complexity index is 806. The van der Waals surface area contributed by atoms with Gasteiger partial charge in [0.05, 0.1) is 0 Å². The maximum atomic E-state index is 10.8. The normalized spacial score (nSPS) is 9.52. The summed E-state index contributed by atoms with van der Waals surface area (Å²) in [5.74, 6) is 0.151. The molecule has 0 radical (unpaired) electrons. The van der Waals surface area contributed by atoms with Crippen molar-refractivity contribution in [3.05, 3.63) is 47.5 Å². The summed E-state index contributed by atoms with van der Waals surface area (Å²) in [5, 5.41) is 9.22. The third kappa shape index (κ3) is 7.19. The number of rotatable bonds is 3. The van der Waals surface area contributed by atoms with Gasteiger partial charge in [-0.2, -0.15) is 0 Å². The van der Waals surface area contributed by atoms with Crippen LogP contribution in [0.3, 0.4) is 0 Å². The van der Waals surface area contributed by atoms with Crippen LogP contribution < -0.4 is 14.2 Å². The zero-order chi connectivity index (χ0) is 20.6. The fourth-order valence-corrected chi connectivity index (χ4v) is 1.99. The quantitative estimate of drug-likeness (QED) is 0.648. The van der Waals surface area contributed by atoms with Gasteiger partial charge in [-0.1, -0.05) is 12.1 Å². The lowest BCUT2D eigenvalue weighted by Crippen LogP contribution is -2.06. The first-order valence-corrected chi connectivity index (χ1v) is 8.05. The topological polar surface area (TPSA) is 99.1 Å². The van der Waals surface area contributed by atoms with Gasteiger partial charge in [-0.3, -0.25) is 14.4 Å². The molecule has 0 aromatic heterocycles. The highest BCUT2D eigenvalue weighted by Crippen LogP contribution is 2.27. The second-order valence-electron chi connectivity index (χ2n) is 5.56. The molecule has 1 N–H and O–H groups in total. The summed E-state index contributed by atoms with van der Waals surface area (Å²) in [4.78, 5) is 32.1. The summed E-state index contributed by atoms with van der Waals surface area (Å²) in [6.45, 7) is 7.36. The van der Waals surface area contributed by atoms with Gasteiger partial charge >= 0.3 is 17.9 Å². The van der Waals surface area contributed by atoms with Crippen molar-refractivity contribution in [3.8, 4) is 23.0 Å². The van der Waals surface area contributed by atoms with E-state index in [0.29, 0.717) is 28.4 Å². The SMILES string of the molecule is CC(=O)Oc1cccc(O)c1C.CC(=O)Oc1cccc(OC(C)=O)c1C. The van der Waals surface area contributed by atoms with Crippen molar-refractivity contribution in [1.29, 1.82) is 0 Å². The number of phenolic OH excluding ortho intramolecular Hbond substituents is 1. The molecule has 0 atom stereocenters. The lowest BCUT2D eigenvalue weighted by atomic mass is 10.2. The number of hydrogen-bond donors (Lipinski definition) is 1. The first-order chi connectivity index (χ1) is 12.6. The van der Waals surface area contributed by atoms with Gasteiger partial charge in [0.1, 0.15) is 23.0 Å². The molecule has 7 heteroatoms. The van der Waals surface area contributed by atoms with Crippen molar-refractivity contribution < 1.29 is 33.7 Å². The molecule has 0 aliphatic rings. The maximum Gasteiger partial charge on any atom is 0.308 e. The Morgan fingerprint density at radius 3 is 1.37 bits per heavy atom. The van der Waals surface area contributed by atoms with E-state index < -0.39 is 11.9 Å². The van der Waals surface area contributed by atoms with E-state index in [4.69, 9.17) is 14.2 Å². The highest BCUT2D eigenvalue weighted by Gasteiger charge is 2.09. The Labute approximate surface area is 157 Å². The summed E-state index contributed by atoms with van der Waals surface area (Å²) in [5.41, 5.74) is 1.20. The largest absolute Gasteiger partial charge is 0.508 e. The van der Waals surface area contributed by atoms with Gasteiger partial charge in [0, 0.05) is 31.9 Å². The third-order valence-corrected chi connectivity index (χ3v) is 3.25. The van der Waals surface area contributed by atoms with E-state index >= 15 is 0 Å². The molecule has 0 unspecified atom stereocenters. The second-order valence-corrected chi connectivity index (χ2v) is 5.56. The first-order valence-electron chi connectivity index (χ1n) is 8.05. The minimum absolute atomic E-state index is 0.133. The minimum atomic E-state index is -0.405. The summed E-state index contributed by atoms with van der Waals surface area (Å²) in [6.07, 6.45) is 0. The third-order valence-electron chi connectivity index (χ3n) is 3.25. The number of benzene rings is 2. The molecule has 0 saturated heterocycles. The number of carbonyl (C=O) groups excluding carboxylic acids is 3. The monoisotopic (exact) mass is 374 g/mol. The van der Waals surface area contributed by atoms with Crippen LogP contribution in [0, 0.1) is 13.8 Å². The van der Waals surface area contributed by atoms with Crippen LogP contribution >= 0.6 is 0 Å². The van der Waals surface area contributed by atoms with Crippen LogP contribution in [0.4, 0.5) is 0 Å². The van der Waals surface area contributed by atoms with Crippen molar-refractivity contribution in [3.63, 3.8) is 0 Å². The van der Waals surface area contributed by atoms with Crippen LogP contribution in [0.2, 0.25) is 0 Å². The Hall–Kier alpha value is -3.35. The Morgan fingerprint density at radius 2 is 1.00 bits per heavy atom. The molecule has 7 nitrogen and oxygen atoms in total. The van der Waals surface area contributed by atoms with Crippen LogP contribution in [0.5, 0.6) is 23.0 Å². The van der Waals surface area contributed by atoms with E-state index in [1.54, 1.807) is 50.2 Å². The van der Waals surface area contributed by atoms with E-state index in [9.17, 15) is 19.5 Å². The smallest absolute Gasteiger partial charge is 0.308 e. The molecule has 27 heavy (non-hydrogen) atoms. The molecule has 0 fully saturated rings. The van der Waals surface area contributed by atoms with Crippen molar-refractivity contribution in [2.45, 2.75) is 34.6 Å². The van der Waals surface area contributed by atoms with Gasteiger partial charge in [-0.05, 0) is 38.1 Å². The van der Waals surface area contributed by atoms with Crippen molar-refractivity contribution >= 4 is 17.9 Å². The van der Waals surface area contributed by atoms with E-state index in [0.717, 1.165) is 0 Å². The predicted octanol–water partition coefficient (Wildman–Crippen LogP) is 3.47. The highest BCUT2D eigenvalue weighted by molar-refractivity contribution is 5.72. The van der Waals surface area contributed by atoms with Gasteiger partial charge < -0.3 is 19.3 Å². The molecule has 0 aliphatic carbocycles. The number of aromatic hydroxyl groups is 1. The van der Waals surface area contributed by atoms with Gasteiger partial charge in [0.25, 0.3) is 0 Å². The van der Waals surface area contributed by atoms with Crippen molar-refractivity contribution in [1.82, 2.24) is 0 Å². The van der Waals surface area contributed by atoms with Gasteiger partial charge in [0.2, 0.25) is 0 Å². The fourth-order valence-electron chi connectivity index (χ4n) is 1.99. The average Bonchev–Trinajstić information content (AvgIpc) is 2.55. The molecule has 0 aliphatic heterocycles. The number of hydrogen-bond acceptors (Lipinski definition) is 7. The molecule has 0 saturated carbocycles. The first kappa shape index (κ1) is 21.7. The van der Waals surface area contributed by atoms with Crippen LogP contribution in [0.15, 0.2) is 36.4 Å². The molecule has 2 aromatic carbocycles. The summed E-state index contributed by atoms with van der Waals surface area (Å²) >= 11 is 0. The standard InChI is InChI=1S/C11H12O4.C9H10O3/c1-7-10(14-8(2)12)5-4-6-11(7)15-9(3)13;1-6-8(11)4-3-5-9(6)12-7(2)10/h4-6H,1-3H3;3-5,11H,1-2H3. The van der Waals surface area contributed by atoms with Crippen LogP contribution in [0.1, 0.15) is 31.9 Å². The van der Waals surface area contributed by atoms with Crippen LogP contribution in [-0.2, 0) is 14.4 Å². The van der Waals surface area contributed by atoms with Crippen LogP contribution in [0.25, 0.3) is 0 Å². The summed E-state index contributed by atoms with van der Waals surface area (Å²) < 4.78 is 14.7. The summed E-state index contributed by atoms with van der Waals surface area (Å²) in [7, 11) is 0. The number of ether oxygens (including phenoxy) is 3. The van der Waals surface area contributed by atoms with E-state index in [2.05, 4.69) is 0 Å². The van der Waals surface area contributed by atoms with Gasteiger partial charge in [-0.25, -0.2) is 0 Å². The Kier molecular flexibility index (Phi) is 8.00. The summed E-state index contributed by atoms with van der Waals surface area (Å²) in [6, 6.07) is 9.75. The maximum absolute atomic E-state index is 10.8. The highest BCUT2D eigenvalue weighted by atomic mass is 16.5. The lowest BCUT2D eigenvalue weighted by Gasteiger charge is -2.09. The zero-order valence-electron chi connectivity index (χ0n) is 15.9. The van der Waals surface area contributed by atoms with Crippen LogP contribution in [-0.4, -0.2) is 23.0 Å². The van der Waals surface area contributed by atoms with Gasteiger partial charge in [0.15, 0.2) is 0 Å². The minimum Gasteiger partial charge on any atom is -0.508 e. The molecule has 0 bridgehead atoms. The number of phenols is 1. The second kappa shape index (κ2) is 9.96. The van der Waals surface area contributed by atoms with Gasteiger partial charge in [-0.15, -0.1) is 0 Å². The molecule has 2 rings (SSSR count). The molecule has 144 valence electrons.